The zero-order valence-electron chi connectivity index (χ0n) is 8.95. The van der Waals surface area contributed by atoms with Crippen LogP contribution in [0.2, 0.25) is 0 Å². The Kier molecular flexibility index (Phi) is 3.81. The van der Waals surface area contributed by atoms with Crippen LogP contribution in [-0.2, 0) is 5.88 Å². The molecule has 1 aromatic carbocycles. The third-order valence-corrected chi connectivity index (χ3v) is 4.29. The topological polar surface area (TPSA) is 3.24 Å². The van der Waals surface area contributed by atoms with Gasteiger partial charge in [-0.05, 0) is 24.6 Å². The van der Waals surface area contributed by atoms with E-state index in [9.17, 15) is 0 Å². The third kappa shape index (κ3) is 2.61. The van der Waals surface area contributed by atoms with E-state index in [0.29, 0.717) is 11.9 Å². The first-order chi connectivity index (χ1) is 7.31. The van der Waals surface area contributed by atoms with Crippen LogP contribution < -0.4 is 4.90 Å². The number of halogens is 1. The lowest BCUT2D eigenvalue weighted by atomic mass is 10.2. The summed E-state index contributed by atoms with van der Waals surface area (Å²) in [5, 5.41) is 0. The highest BCUT2D eigenvalue weighted by atomic mass is 35.5. The first-order valence-electron chi connectivity index (χ1n) is 5.30. The fraction of sp³-hybridized carbons (Fsp3) is 0.500. The Morgan fingerprint density at radius 2 is 2.13 bits per heavy atom. The van der Waals surface area contributed by atoms with E-state index in [1.165, 1.54) is 22.8 Å². The molecule has 15 heavy (non-hydrogen) atoms. The molecule has 0 saturated carbocycles. The van der Waals surface area contributed by atoms with E-state index < -0.39 is 0 Å². The predicted octanol–water partition coefficient (Wildman–Crippen LogP) is 3.37. The highest BCUT2D eigenvalue weighted by molar-refractivity contribution is 7.99. The number of nitrogens with zero attached hydrogens (tertiary/aromatic N) is 1. The van der Waals surface area contributed by atoms with Crippen LogP contribution in [-0.4, -0.2) is 24.1 Å². The van der Waals surface area contributed by atoms with Gasteiger partial charge in [-0.2, -0.15) is 11.8 Å². The van der Waals surface area contributed by atoms with Gasteiger partial charge >= 0.3 is 0 Å². The molecule has 0 N–H and O–H groups in total. The number of rotatable bonds is 2. The quantitative estimate of drug-likeness (QED) is 0.731. The van der Waals surface area contributed by atoms with Crippen LogP contribution in [0.3, 0.4) is 0 Å². The zero-order valence-corrected chi connectivity index (χ0v) is 10.5. The molecule has 0 amide bonds. The van der Waals surface area contributed by atoms with Gasteiger partial charge in [-0.25, -0.2) is 0 Å². The smallest absolute Gasteiger partial charge is 0.0474 e. The lowest BCUT2D eigenvalue weighted by molar-refractivity contribution is 0.700. The summed E-state index contributed by atoms with van der Waals surface area (Å²) < 4.78 is 0. The highest BCUT2D eigenvalue weighted by Crippen LogP contribution is 2.24. The molecule has 1 unspecified atom stereocenters. The van der Waals surface area contributed by atoms with Crippen molar-refractivity contribution in [3.63, 3.8) is 0 Å². The summed E-state index contributed by atoms with van der Waals surface area (Å²) in [6.07, 6.45) is 0. The van der Waals surface area contributed by atoms with Crippen LogP contribution >= 0.6 is 23.4 Å². The van der Waals surface area contributed by atoms with E-state index in [0.717, 1.165) is 6.54 Å². The molecule has 1 aromatic rings. The normalized spacial score (nSPS) is 21.7. The van der Waals surface area contributed by atoms with Gasteiger partial charge in [0.2, 0.25) is 0 Å². The molecule has 0 radical (unpaired) electrons. The Morgan fingerprint density at radius 1 is 1.40 bits per heavy atom. The van der Waals surface area contributed by atoms with Crippen molar-refractivity contribution in [3.8, 4) is 0 Å². The second-order valence-electron chi connectivity index (χ2n) is 3.92. The van der Waals surface area contributed by atoms with Crippen LogP contribution in [0.4, 0.5) is 5.69 Å². The van der Waals surface area contributed by atoms with Crippen LogP contribution in [0.15, 0.2) is 24.3 Å². The average molecular weight is 242 g/mol. The number of hydrogen-bond acceptors (Lipinski definition) is 2. The maximum atomic E-state index is 5.78. The number of hydrogen-bond donors (Lipinski definition) is 0. The predicted molar refractivity (Wildman–Crippen MR) is 70.1 cm³/mol. The number of benzene rings is 1. The van der Waals surface area contributed by atoms with Gasteiger partial charge in [0.05, 0.1) is 0 Å². The van der Waals surface area contributed by atoms with Gasteiger partial charge in [-0.15, -0.1) is 11.6 Å². The van der Waals surface area contributed by atoms with Crippen molar-refractivity contribution < 1.29 is 0 Å². The Balaban J connectivity index is 2.13. The summed E-state index contributed by atoms with van der Waals surface area (Å²) in [5.74, 6) is 3.07. The minimum absolute atomic E-state index is 0.603. The molecule has 82 valence electrons. The molecular formula is C12H16ClNS. The van der Waals surface area contributed by atoms with Gasteiger partial charge in [0.1, 0.15) is 0 Å². The maximum absolute atomic E-state index is 5.78. The first-order valence-corrected chi connectivity index (χ1v) is 6.99. The summed E-state index contributed by atoms with van der Waals surface area (Å²) >= 11 is 7.82. The molecule has 1 heterocycles. The maximum Gasteiger partial charge on any atom is 0.0474 e. The summed E-state index contributed by atoms with van der Waals surface area (Å²) in [6, 6.07) is 9.26. The molecule has 0 aromatic heterocycles. The fourth-order valence-electron chi connectivity index (χ4n) is 1.89. The molecule has 2 rings (SSSR count). The minimum Gasteiger partial charge on any atom is -0.367 e. The van der Waals surface area contributed by atoms with E-state index in [2.05, 4.69) is 36.1 Å². The van der Waals surface area contributed by atoms with E-state index in [-0.39, 0.29) is 0 Å². The second-order valence-corrected chi connectivity index (χ2v) is 5.33. The van der Waals surface area contributed by atoms with Gasteiger partial charge in [0.25, 0.3) is 0 Å². The number of alkyl halides is 1. The largest absolute Gasteiger partial charge is 0.367 e. The van der Waals surface area contributed by atoms with Crippen molar-refractivity contribution in [2.45, 2.75) is 18.8 Å². The molecule has 0 spiro atoms. The van der Waals surface area contributed by atoms with Gasteiger partial charge in [0.15, 0.2) is 0 Å². The molecule has 1 aliphatic rings. The van der Waals surface area contributed by atoms with E-state index in [1.807, 2.05) is 11.8 Å². The van der Waals surface area contributed by atoms with Crippen molar-refractivity contribution in [1.82, 2.24) is 0 Å². The molecule has 1 nitrogen and oxygen atoms in total. The summed E-state index contributed by atoms with van der Waals surface area (Å²) in [4.78, 5) is 2.48. The summed E-state index contributed by atoms with van der Waals surface area (Å²) in [6.45, 7) is 3.45. The molecule has 1 aliphatic heterocycles. The summed E-state index contributed by atoms with van der Waals surface area (Å²) in [7, 11) is 0. The van der Waals surface area contributed by atoms with E-state index in [4.69, 9.17) is 11.6 Å². The van der Waals surface area contributed by atoms with E-state index >= 15 is 0 Å². The first kappa shape index (κ1) is 11.2. The molecule has 1 atom stereocenters. The SMILES string of the molecule is CC1CSCCN1c1ccc(CCl)cc1. The Labute approximate surface area is 101 Å². The number of anilines is 1. The van der Waals surface area contributed by atoms with Gasteiger partial charge < -0.3 is 4.90 Å². The third-order valence-electron chi connectivity index (χ3n) is 2.79. The highest BCUT2D eigenvalue weighted by Gasteiger charge is 2.18. The van der Waals surface area contributed by atoms with Crippen molar-refractivity contribution in [3.05, 3.63) is 29.8 Å². The molecule has 3 heteroatoms. The Bertz CT molecular complexity index is 312. The molecule has 1 fully saturated rings. The van der Waals surface area contributed by atoms with Gasteiger partial charge in [-0.1, -0.05) is 12.1 Å². The second kappa shape index (κ2) is 5.13. The van der Waals surface area contributed by atoms with Crippen molar-refractivity contribution in [1.29, 1.82) is 0 Å². The van der Waals surface area contributed by atoms with Crippen molar-refractivity contribution in [2.24, 2.45) is 0 Å². The fourth-order valence-corrected chi connectivity index (χ4v) is 3.08. The Hall–Kier alpha value is -0.340. The zero-order chi connectivity index (χ0) is 10.7. The summed E-state index contributed by atoms with van der Waals surface area (Å²) in [5.41, 5.74) is 2.52. The molecular weight excluding hydrogens is 226 g/mol. The molecule has 0 bridgehead atoms. The monoisotopic (exact) mass is 241 g/mol. The van der Waals surface area contributed by atoms with Crippen molar-refractivity contribution in [2.75, 3.05) is 23.0 Å². The standard InChI is InChI=1S/C12H16ClNS/c1-10-9-15-7-6-14(10)12-4-2-11(8-13)3-5-12/h2-5,10H,6-9H2,1H3. The minimum atomic E-state index is 0.603. The van der Waals surface area contributed by atoms with E-state index in [1.54, 1.807) is 0 Å². The average Bonchev–Trinajstić information content (AvgIpc) is 2.30. The van der Waals surface area contributed by atoms with Crippen molar-refractivity contribution >= 4 is 29.1 Å². The number of thioether (sulfide) groups is 1. The van der Waals surface area contributed by atoms with Gasteiger partial charge in [-0.3, -0.25) is 0 Å². The van der Waals surface area contributed by atoms with Gasteiger partial charge in [0, 0.05) is 35.7 Å². The van der Waals surface area contributed by atoms with Crippen LogP contribution in [0.5, 0.6) is 0 Å². The Morgan fingerprint density at radius 3 is 2.73 bits per heavy atom. The molecule has 1 saturated heterocycles. The van der Waals surface area contributed by atoms with Crippen LogP contribution in [0.1, 0.15) is 12.5 Å². The lowest BCUT2D eigenvalue weighted by Gasteiger charge is -2.35. The molecule has 0 aliphatic carbocycles. The van der Waals surface area contributed by atoms with Crippen LogP contribution in [0.25, 0.3) is 0 Å². The lowest BCUT2D eigenvalue weighted by Crippen LogP contribution is -2.40. The van der Waals surface area contributed by atoms with Crippen LogP contribution in [0, 0.1) is 0 Å².